The van der Waals surface area contributed by atoms with Gasteiger partial charge in [0.1, 0.15) is 0 Å². The molecule has 0 radical (unpaired) electrons. The average Bonchev–Trinajstić information content (AvgIpc) is 3.35. The maximum absolute atomic E-state index is 13.0. The Morgan fingerprint density at radius 3 is 2.73 bits per heavy atom. The van der Waals surface area contributed by atoms with E-state index in [0.717, 1.165) is 24.2 Å². The van der Waals surface area contributed by atoms with Gasteiger partial charge >= 0.3 is 0 Å². The molecule has 2 aliphatic heterocycles. The molecule has 132 valence electrons. The predicted octanol–water partition coefficient (Wildman–Crippen LogP) is 3.57. The molecule has 4 heterocycles. The molecule has 0 bridgehead atoms. The molecule has 4 nitrogen and oxygen atoms in total. The Hall–Kier alpha value is -2.02. The Morgan fingerprint density at radius 2 is 1.96 bits per heavy atom. The summed E-state index contributed by atoms with van der Waals surface area (Å²) in [6.45, 7) is 2.15. The van der Waals surface area contributed by atoms with Crippen LogP contribution >= 0.6 is 11.3 Å². The second-order valence-electron chi connectivity index (χ2n) is 6.97. The fraction of sp³-hybridized carbons (Fsp3) is 0.250. The summed E-state index contributed by atoms with van der Waals surface area (Å²) in [7, 11) is -3.24. The highest BCUT2D eigenvalue weighted by Gasteiger charge is 2.50. The second-order valence-corrected chi connectivity index (χ2v) is 10.1. The van der Waals surface area contributed by atoms with Crippen molar-refractivity contribution in [3.8, 4) is 10.4 Å². The summed E-state index contributed by atoms with van der Waals surface area (Å²) in [5, 5.41) is 1.73. The van der Waals surface area contributed by atoms with Crippen LogP contribution in [-0.4, -0.2) is 36.6 Å². The van der Waals surface area contributed by atoms with Crippen LogP contribution in [0.4, 0.5) is 0 Å². The van der Waals surface area contributed by atoms with Crippen molar-refractivity contribution in [3.05, 3.63) is 71.4 Å². The molecule has 2 aliphatic rings. The van der Waals surface area contributed by atoms with Gasteiger partial charge in [0.05, 0.1) is 10.1 Å². The minimum atomic E-state index is -3.24. The van der Waals surface area contributed by atoms with Gasteiger partial charge in [0.15, 0.2) is 9.84 Å². The van der Waals surface area contributed by atoms with Crippen LogP contribution in [0.2, 0.25) is 0 Å². The van der Waals surface area contributed by atoms with Crippen molar-refractivity contribution >= 4 is 21.2 Å². The molecule has 2 atom stereocenters. The van der Waals surface area contributed by atoms with Crippen molar-refractivity contribution in [3.63, 3.8) is 0 Å². The van der Waals surface area contributed by atoms with Crippen LogP contribution in [0.3, 0.4) is 0 Å². The number of sulfone groups is 1. The highest BCUT2D eigenvalue weighted by Crippen LogP contribution is 2.46. The first-order chi connectivity index (χ1) is 12.6. The van der Waals surface area contributed by atoms with Gasteiger partial charge in [-0.05, 0) is 52.4 Å². The maximum atomic E-state index is 13.0. The molecular weight excluding hydrogens is 364 g/mol. The summed E-state index contributed by atoms with van der Waals surface area (Å²) < 4.78 is 26.1. The van der Waals surface area contributed by atoms with E-state index in [1.165, 1.54) is 10.4 Å². The van der Waals surface area contributed by atoms with Gasteiger partial charge in [0.2, 0.25) is 0 Å². The monoisotopic (exact) mass is 382 g/mol. The highest BCUT2D eigenvalue weighted by atomic mass is 32.2. The number of nitrogens with zero attached hydrogens (tertiary/aromatic N) is 2. The molecule has 0 spiro atoms. The van der Waals surface area contributed by atoms with Crippen LogP contribution in [0.25, 0.3) is 10.4 Å². The molecule has 26 heavy (non-hydrogen) atoms. The Labute approximate surface area is 157 Å². The van der Waals surface area contributed by atoms with Crippen LogP contribution in [0.5, 0.6) is 0 Å². The lowest BCUT2D eigenvalue weighted by Crippen LogP contribution is -2.25. The molecule has 1 saturated heterocycles. The van der Waals surface area contributed by atoms with Gasteiger partial charge in [-0.1, -0.05) is 12.1 Å². The van der Waals surface area contributed by atoms with Crippen molar-refractivity contribution in [2.45, 2.75) is 22.6 Å². The number of rotatable bonds is 3. The van der Waals surface area contributed by atoms with E-state index in [4.69, 9.17) is 0 Å². The largest absolute Gasteiger partial charge is 0.297 e. The van der Waals surface area contributed by atoms with Crippen molar-refractivity contribution < 1.29 is 8.42 Å². The van der Waals surface area contributed by atoms with Crippen LogP contribution in [0.15, 0.2) is 65.1 Å². The molecule has 0 N–H and O–H groups in total. The Morgan fingerprint density at radius 1 is 1.12 bits per heavy atom. The van der Waals surface area contributed by atoms with Gasteiger partial charge in [-0.2, -0.15) is 0 Å². The lowest BCUT2D eigenvalue weighted by Gasteiger charge is -2.17. The van der Waals surface area contributed by atoms with Crippen LogP contribution in [0.1, 0.15) is 17.0 Å². The minimum Gasteiger partial charge on any atom is -0.297 e. The minimum absolute atomic E-state index is 0.0664. The molecule has 5 rings (SSSR count). The zero-order valence-electron chi connectivity index (χ0n) is 14.1. The van der Waals surface area contributed by atoms with E-state index in [2.05, 4.69) is 22.0 Å². The topological polar surface area (TPSA) is 50.3 Å². The Balaban J connectivity index is 1.49. The first-order valence-corrected chi connectivity index (χ1v) is 11.1. The van der Waals surface area contributed by atoms with Gasteiger partial charge in [-0.25, -0.2) is 8.42 Å². The van der Waals surface area contributed by atoms with Crippen molar-refractivity contribution in [2.75, 3.05) is 13.1 Å². The third kappa shape index (κ3) is 2.52. The number of thiophene rings is 1. The maximum Gasteiger partial charge on any atom is 0.183 e. The van der Waals surface area contributed by atoms with Gasteiger partial charge < -0.3 is 0 Å². The van der Waals surface area contributed by atoms with Crippen LogP contribution in [0, 0.1) is 0 Å². The number of likely N-dealkylation sites (tertiary alicyclic amines) is 1. The number of hydrogen-bond acceptors (Lipinski definition) is 5. The zero-order chi connectivity index (χ0) is 17.7. The highest BCUT2D eigenvalue weighted by molar-refractivity contribution is 7.92. The van der Waals surface area contributed by atoms with E-state index in [0.29, 0.717) is 11.4 Å². The smallest absolute Gasteiger partial charge is 0.183 e. The summed E-state index contributed by atoms with van der Waals surface area (Å²) in [6, 6.07) is 13.9. The van der Waals surface area contributed by atoms with Crippen LogP contribution < -0.4 is 0 Å². The summed E-state index contributed by atoms with van der Waals surface area (Å²) in [5.41, 5.74) is 3.28. The number of benzene rings is 1. The van der Waals surface area contributed by atoms with Crippen LogP contribution in [-0.2, 0) is 16.4 Å². The first kappa shape index (κ1) is 16.2. The molecule has 0 unspecified atom stereocenters. The number of pyridine rings is 1. The van der Waals surface area contributed by atoms with E-state index in [9.17, 15) is 8.42 Å². The summed E-state index contributed by atoms with van der Waals surface area (Å²) in [6.07, 6.45) is 3.57. The molecule has 0 saturated carbocycles. The summed E-state index contributed by atoms with van der Waals surface area (Å²) >= 11 is 1.68. The molecule has 1 fully saturated rings. The van der Waals surface area contributed by atoms with E-state index in [1.54, 1.807) is 23.7 Å². The molecular formula is C20H18N2O2S2. The zero-order valence-corrected chi connectivity index (χ0v) is 15.7. The van der Waals surface area contributed by atoms with Gasteiger partial charge in [-0.15, -0.1) is 11.3 Å². The fourth-order valence-corrected chi connectivity index (χ4v) is 7.12. The first-order valence-electron chi connectivity index (χ1n) is 8.66. The quantitative estimate of drug-likeness (QED) is 0.695. The van der Waals surface area contributed by atoms with Crippen molar-refractivity contribution in [1.82, 2.24) is 9.88 Å². The number of hydrogen-bond donors (Lipinski definition) is 0. The van der Waals surface area contributed by atoms with Gasteiger partial charge in [-0.3, -0.25) is 9.88 Å². The molecule has 0 amide bonds. The molecule has 3 aromatic rings. The molecule has 6 heteroatoms. The van der Waals surface area contributed by atoms with E-state index >= 15 is 0 Å². The third-order valence-corrected chi connectivity index (χ3v) is 8.60. The van der Waals surface area contributed by atoms with Gasteiger partial charge in [0, 0.05) is 42.8 Å². The average molecular weight is 383 g/mol. The SMILES string of the molecule is O=S1(=O)c2ccc(-c3cccs3)cc2[C@H]2CN(Cc3ccncc3)C[C@H]21. The molecule has 0 aliphatic carbocycles. The fourth-order valence-electron chi connectivity index (χ4n) is 4.20. The van der Waals surface area contributed by atoms with Crippen molar-refractivity contribution in [1.29, 1.82) is 0 Å². The Bertz CT molecular complexity index is 1050. The third-order valence-electron chi connectivity index (χ3n) is 5.42. The second kappa shape index (κ2) is 6.01. The lowest BCUT2D eigenvalue weighted by atomic mass is 9.96. The Kier molecular flexibility index (Phi) is 3.74. The lowest BCUT2D eigenvalue weighted by molar-refractivity contribution is 0.325. The molecule has 2 aromatic heterocycles. The predicted molar refractivity (Wildman–Crippen MR) is 103 cm³/mol. The van der Waals surface area contributed by atoms with E-state index < -0.39 is 9.84 Å². The van der Waals surface area contributed by atoms with Gasteiger partial charge in [0.25, 0.3) is 0 Å². The number of fused-ring (bicyclic) bond motifs is 3. The van der Waals surface area contributed by atoms with E-state index in [-0.39, 0.29) is 11.2 Å². The van der Waals surface area contributed by atoms with E-state index in [1.807, 2.05) is 35.7 Å². The normalized spacial score (nSPS) is 23.7. The molecule has 1 aromatic carbocycles. The van der Waals surface area contributed by atoms with Crippen molar-refractivity contribution in [2.24, 2.45) is 0 Å². The standard InChI is InChI=1S/C20H18N2O2S2/c23-26(24)19-4-3-15(18-2-1-9-25-18)10-16(19)17-12-22(13-20(17)26)11-14-5-7-21-8-6-14/h1-10,17,20H,11-13H2/t17-,20-/m1/s1. The number of aromatic nitrogens is 1. The summed E-state index contributed by atoms with van der Waals surface area (Å²) in [5.74, 6) is 0.0664. The summed E-state index contributed by atoms with van der Waals surface area (Å²) in [4.78, 5) is 8.02.